The van der Waals surface area contributed by atoms with E-state index in [1.54, 1.807) is 0 Å². The van der Waals surface area contributed by atoms with Crippen LogP contribution in [0.2, 0.25) is 0 Å². The van der Waals surface area contributed by atoms with Gasteiger partial charge in [0.05, 0.1) is 5.69 Å². The van der Waals surface area contributed by atoms with E-state index in [0.29, 0.717) is 12.1 Å². The standard InChI is InChI=1S/C12H22N4.ClH/c1-10(2)16-7-5-11(14-16)9-15(3)12-4-6-13-8-12;/h5,7,10,12-13H,4,6,8-9H2,1-3H3;1H. The van der Waals surface area contributed by atoms with Crippen molar-refractivity contribution in [3.63, 3.8) is 0 Å². The molecule has 0 bridgehead atoms. The lowest BCUT2D eigenvalue weighted by molar-refractivity contribution is 0.245. The molecule has 4 nitrogen and oxygen atoms in total. The number of hydrogen-bond acceptors (Lipinski definition) is 3. The van der Waals surface area contributed by atoms with Gasteiger partial charge in [-0.1, -0.05) is 0 Å². The van der Waals surface area contributed by atoms with Gasteiger partial charge in [-0.05, 0) is 39.9 Å². The fourth-order valence-corrected chi connectivity index (χ4v) is 2.15. The lowest BCUT2D eigenvalue weighted by Crippen LogP contribution is -2.33. The lowest BCUT2D eigenvalue weighted by Gasteiger charge is -2.22. The normalized spacial score (nSPS) is 19.9. The van der Waals surface area contributed by atoms with Crippen molar-refractivity contribution >= 4 is 12.4 Å². The Morgan fingerprint density at radius 1 is 1.59 bits per heavy atom. The molecule has 0 amide bonds. The molecule has 0 saturated carbocycles. The number of aromatic nitrogens is 2. The van der Waals surface area contributed by atoms with Gasteiger partial charge in [0.1, 0.15) is 0 Å². The van der Waals surface area contributed by atoms with Crippen LogP contribution in [0, 0.1) is 0 Å². The summed E-state index contributed by atoms with van der Waals surface area (Å²) in [4.78, 5) is 2.40. The topological polar surface area (TPSA) is 33.1 Å². The molecular weight excluding hydrogens is 236 g/mol. The fraction of sp³-hybridized carbons (Fsp3) is 0.750. The van der Waals surface area contributed by atoms with E-state index in [2.05, 4.69) is 48.5 Å². The highest BCUT2D eigenvalue weighted by Gasteiger charge is 2.19. The number of halogens is 1. The average molecular weight is 259 g/mol. The van der Waals surface area contributed by atoms with Crippen LogP contribution in [0.5, 0.6) is 0 Å². The van der Waals surface area contributed by atoms with Gasteiger partial charge in [0.25, 0.3) is 0 Å². The minimum absolute atomic E-state index is 0. The van der Waals surface area contributed by atoms with E-state index >= 15 is 0 Å². The SMILES string of the molecule is CC(C)n1ccc(CN(C)C2CCNC2)n1.Cl. The summed E-state index contributed by atoms with van der Waals surface area (Å²) >= 11 is 0. The predicted molar refractivity (Wildman–Crippen MR) is 72.6 cm³/mol. The van der Waals surface area contributed by atoms with Gasteiger partial charge >= 0.3 is 0 Å². The molecule has 1 aliphatic heterocycles. The minimum atomic E-state index is 0. The molecule has 0 radical (unpaired) electrons. The van der Waals surface area contributed by atoms with Gasteiger partial charge in [0.2, 0.25) is 0 Å². The van der Waals surface area contributed by atoms with E-state index in [0.717, 1.165) is 19.6 Å². The molecule has 1 N–H and O–H groups in total. The van der Waals surface area contributed by atoms with Crippen LogP contribution < -0.4 is 5.32 Å². The van der Waals surface area contributed by atoms with Crippen molar-refractivity contribution in [2.24, 2.45) is 0 Å². The number of hydrogen-bond donors (Lipinski definition) is 1. The summed E-state index contributed by atoms with van der Waals surface area (Å²) in [5.74, 6) is 0. The molecule has 17 heavy (non-hydrogen) atoms. The maximum Gasteiger partial charge on any atom is 0.0764 e. The second-order valence-electron chi connectivity index (χ2n) is 4.94. The van der Waals surface area contributed by atoms with E-state index in [1.165, 1.54) is 12.1 Å². The third-order valence-corrected chi connectivity index (χ3v) is 3.26. The Morgan fingerprint density at radius 2 is 2.35 bits per heavy atom. The Labute approximate surface area is 110 Å². The van der Waals surface area contributed by atoms with Crippen LogP contribution in [0.3, 0.4) is 0 Å². The zero-order valence-corrected chi connectivity index (χ0v) is 11.7. The summed E-state index contributed by atoms with van der Waals surface area (Å²) in [5.41, 5.74) is 1.17. The molecule has 1 unspecified atom stereocenters. The molecule has 0 aliphatic carbocycles. The summed E-state index contributed by atoms with van der Waals surface area (Å²) in [6.45, 7) is 7.52. The van der Waals surface area contributed by atoms with E-state index in [4.69, 9.17) is 0 Å². The largest absolute Gasteiger partial charge is 0.315 e. The van der Waals surface area contributed by atoms with Gasteiger partial charge < -0.3 is 5.32 Å². The van der Waals surface area contributed by atoms with E-state index in [-0.39, 0.29) is 12.4 Å². The third-order valence-electron chi connectivity index (χ3n) is 3.26. The number of nitrogens with zero attached hydrogens (tertiary/aromatic N) is 3. The van der Waals surface area contributed by atoms with E-state index in [9.17, 15) is 0 Å². The maximum absolute atomic E-state index is 4.58. The Hall–Kier alpha value is -0.580. The zero-order chi connectivity index (χ0) is 11.5. The van der Waals surface area contributed by atoms with Crippen LogP contribution in [0.25, 0.3) is 0 Å². The predicted octanol–water partition coefficient (Wildman–Crippen LogP) is 1.68. The summed E-state index contributed by atoms with van der Waals surface area (Å²) in [5, 5.41) is 7.97. The Kier molecular flexibility index (Phi) is 5.43. The van der Waals surface area contributed by atoms with E-state index in [1.807, 2.05) is 4.68 Å². The lowest BCUT2D eigenvalue weighted by atomic mass is 10.2. The van der Waals surface area contributed by atoms with Crippen molar-refractivity contribution < 1.29 is 0 Å². The van der Waals surface area contributed by atoms with Crippen LogP contribution >= 0.6 is 12.4 Å². The molecule has 98 valence electrons. The van der Waals surface area contributed by atoms with Crippen molar-refractivity contribution in [2.75, 3.05) is 20.1 Å². The first-order valence-corrected chi connectivity index (χ1v) is 6.12. The van der Waals surface area contributed by atoms with Crippen molar-refractivity contribution in [3.8, 4) is 0 Å². The quantitative estimate of drug-likeness (QED) is 0.892. The average Bonchev–Trinajstić information content (AvgIpc) is 2.87. The summed E-state index contributed by atoms with van der Waals surface area (Å²) in [6, 6.07) is 3.25. The highest BCUT2D eigenvalue weighted by atomic mass is 35.5. The zero-order valence-electron chi connectivity index (χ0n) is 10.9. The van der Waals surface area contributed by atoms with Gasteiger partial charge in [-0.25, -0.2) is 0 Å². The molecule has 2 rings (SSSR count). The molecule has 1 aromatic heterocycles. The van der Waals surface area contributed by atoms with Gasteiger partial charge in [0.15, 0.2) is 0 Å². The Morgan fingerprint density at radius 3 is 2.88 bits per heavy atom. The van der Waals surface area contributed by atoms with Gasteiger partial charge in [-0.2, -0.15) is 5.10 Å². The number of nitrogens with one attached hydrogen (secondary N) is 1. The smallest absolute Gasteiger partial charge is 0.0764 e. The first kappa shape index (κ1) is 14.5. The molecular formula is C12H23ClN4. The second-order valence-corrected chi connectivity index (χ2v) is 4.94. The molecule has 5 heteroatoms. The summed E-state index contributed by atoms with van der Waals surface area (Å²) in [6.07, 6.45) is 3.32. The molecule has 1 aliphatic rings. The van der Waals surface area contributed by atoms with Gasteiger partial charge in [-0.3, -0.25) is 9.58 Å². The third kappa shape index (κ3) is 3.69. The van der Waals surface area contributed by atoms with Gasteiger partial charge in [0, 0.05) is 31.4 Å². The Balaban J connectivity index is 0.00000144. The molecule has 1 saturated heterocycles. The molecule has 1 fully saturated rings. The molecule has 1 aromatic rings. The first-order valence-electron chi connectivity index (χ1n) is 6.12. The van der Waals surface area contributed by atoms with E-state index < -0.39 is 0 Å². The van der Waals surface area contributed by atoms with Crippen molar-refractivity contribution in [1.29, 1.82) is 0 Å². The van der Waals surface area contributed by atoms with Crippen molar-refractivity contribution in [3.05, 3.63) is 18.0 Å². The summed E-state index contributed by atoms with van der Waals surface area (Å²) in [7, 11) is 2.19. The molecule has 0 aromatic carbocycles. The highest BCUT2D eigenvalue weighted by molar-refractivity contribution is 5.85. The van der Waals surface area contributed by atoms with Crippen molar-refractivity contribution in [2.45, 2.75) is 38.9 Å². The van der Waals surface area contributed by atoms with Crippen LogP contribution in [0.1, 0.15) is 32.0 Å². The van der Waals surface area contributed by atoms with Crippen LogP contribution in [-0.2, 0) is 6.54 Å². The van der Waals surface area contributed by atoms with Crippen molar-refractivity contribution in [1.82, 2.24) is 20.0 Å². The van der Waals surface area contributed by atoms with Crippen LogP contribution in [0.4, 0.5) is 0 Å². The fourth-order valence-electron chi connectivity index (χ4n) is 2.15. The maximum atomic E-state index is 4.58. The number of likely N-dealkylation sites (N-methyl/N-ethyl adjacent to an activating group) is 1. The highest BCUT2D eigenvalue weighted by Crippen LogP contribution is 2.11. The second kappa shape index (κ2) is 6.38. The summed E-state index contributed by atoms with van der Waals surface area (Å²) < 4.78 is 2.02. The van der Waals surface area contributed by atoms with Crippen LogP contribution in [-0.4, -0.2) is 40.9 Å². The van der Waals surface area contributed by atoms with Crippen LogP contribution in [0.15, 0.2) is 12.3 Å². The first-order chi connectivity index (χ1) is 7.66. The number of rotatable bonds is 4. The minimum Gasteiger partial charge on any atom is -0.315 e. The monoisotopic (exact) mass is 258 g/mol. The molecule has 1 atom stereocenters. The Bertz CT molecular complexity index is 331. The molecule has 0 spiro atoms. The van der Waals surface area contributed by atoms with Gasteiger partial charge in [-0.15, -0.1) is 12.4 Å². The molecule has 2 heterocycles.